The lowest BCUT2D eigenvalue weighted by Gasteiger charge is -2.08. The Morgan fingerprint density at radius 3 is 2.50 bits per heavy atom. The molecular formula is C16H13ClN2O4S. The summed E-state index contributed by atoms with van der Waals surface area (Å²) in [4.78, 5) is 11.9. The number of esters is 1. The van der Waals surface area contributed by atoms with Crippen LogP contribution in [0.25, 0.3) is 0 Å². The molecule has 0 aliphatic heterocycles. The van der Waals surface area contributed by atoms with E-state index in [4.69, 9.17) is 21.6 Å². The maximum Gasteiger partial charge on any atom is 0.338 e. The third kappa shape index (κ3) is 4.11. The van der Waals surface area contributed by atoms with Crippen LogP contribution in [0.3, 0.4) is 0 Å². The quantitative estimate of drug-likeness (QED) is 0.822. The number of nitrogens with zero attached hydrogens (tertiary/aromatic N) is 1. The van der Waals surface area contributed by atoms with Gasteiger partial charge in [-0.1, -0.05) is 23.7 Å². The lowest BCUT2D eigenvalue weighted by atomic mass is 10.1. The average molecular weight is 365 g/mol. The maximum atomic E-state index is 12.1. The number of benzene rings is 2. The zero-order valence-electron chi connectivity index (χ0n) is 12.6. The SMILES string of the molecule is CNS(=O)(=O)c1cc(C(=O)OCc2ccc(C#N)cc2)ccc1Cl. The summed E-state index contributed by atoms with van der Waals surface area (Å²) < 4.78 is 31.0. The Labute approximate surface area is 144 Å². The van der Waals surface area contributed by atoms with Crippen LogP contribution in [0.15, 0.2) is 47.4 Å². The Hall–Kier alpha value is -2.40. The van der Waals surface area contributed by atoms with E-state index in [-0.39, 0.29) is 22.1 Å². The number of halogens is 1. The zero-order chi connectivity index (χ0) is 17.7. The van der Waals surface area contributed by atoms with Crippen LogP contribution in [0.2, 0.25) is 5.02 Å². The van der Waals surface area contributed by atoms with E-state index in [2.05, 4.69) is 4.72 Å². The first-order chi connectivity index (χ1) is 11.4. The highest BCUT2D eigenvalue weighted by atomic mass is 35.5. The smallest absolute Gasteiger partial charge is 0.338 e. The third-order valence-corrected chi connectivity index (χ3v) is 5.07. The van der Waals surface area contributed by atoms with Crippen molar-refractivity contribution in [3.05, 3.63) is 64.2 Å². The number of nitriles is 1. The predicted molar refractivity (Wildman–Crippen MR) is 88.0 cm³/mol. The Bertz CT molecular complexity index is 903. The molecule has 24 heavy (non-hydrogen) atoms. The van der Waals surface area contributed by atoms with Crippen LogP contribution < -0.4 is 4.72 Å². The Balaban J connectivity index is 2.15. The average Bonchev–Trinajstić information content (AvgIpc) is 2.60. The fourth-order valence-corrected chi connectivity index (χ4v) is 3.10. The molecule has 0 heterocycles. The number of ether oxygens (including phenoxy) is 1. The molecule has 0 unspecified atom stereocenters. The van der Waals surface area contributed by atoms with E-state index < -0.39 is 16.0 Å². The summed E-state index contributed by atoms with van der Waals surface area (Å²) in [7, 11) is -2.53. The first-order valence-corrected chi connectivity index (χ1v) is 8.63. The molecule has 2 aromatic rings. The normalized spacial score (nSPS) is 10.9. The Kier molecular flexibility index (Phi) is 5.57. The molecule has 0 bridgehead atoms. The van der Waals surface area contributed by atoms with Crippen LogP contribution in [-0.2, 0) is 21.4 Å². The van der Waals surface area contributed by atoms with E-state index >= 15 is 0 Å². The summed E-state index contributed by atoms with van der Waals surface area (Å²) >= 11 is 5.87. The predicted octanol–water partition coefficient (Wildman–Crippen LogP) is 2.48. The van der Waals surface area contributed by atoms with Crippen molar-refractivity contribution < 1.29 is 17.9 Å². The van der Waals surface area contributed by atoms with Crippen molar-refractivity contribution in [3.8, 4) is 6.07 Å². The highest BCUT2D eigenvalue weighted by Gasteiger charge is 2.19. The number of carbonyl (C=O) groups is 1. The molecule has 2 rings (SSSR count). The molecule has 0 radical (unpaired) electrons. The van der Waals surface area contributed by atoms with Gasteiger partial charge in [-0.3, -0.25) is 0 Å². The number of rotatable bonds is 5. The first kappa shape index (κ1) is 17.9. The van der Waals surface area contributed by atoms with Crippen molar-refractivity contribution in [1.29, 1.82) is 5.26 Å². The monoisotopic (exact) mass is 364 g/mol. The molecule has 1 N–H and O–H groups in total. The van der Waals surface area contributed by atoms with E-state index in [1.807, 2.05) is 6.07 Å². The van der Waals surface area contributed by atoms with Gasteiger partial charge in [-0.05, 0) is 42.9 Å². The van der Waals surface area contributed by atoms with Gasteiger partial charge in [0, 0.05) is 0 Å². The van der Waals surface area contributed by atoms with Crippen LogP contribution in [0.5, 0.6) is 0 Å². The minimum Gasteiger partial charge on any atom is -0.457 e. The number of hydrogen-bond acceptors (Lipinski definition) is 5. The largest absolute Gasteiger partial charge is 0.457 e. The van der Waals surface area contributed by atoms with Gasteiger partial charge in [0.2, 0.25) is 10.0 Å². The maximum absolute atomic E-state index is 12.1. The van der Waals surface area contributed by atoms with Crippen molar-refractivity contribution in [2.75, 3.05) is 7.05 Å². The Morgan fingerprint density at radius 2 is 1.92 bits per heavy atom. The first-order valence-electron chi connectivity index (χ1n) is 6.76. The van der Waals surface area contributed by atoms with Crippen LogP contribution >= 0.6 is 11.6 Å². The summed E-state index contributed by atoms with van der Waals surface area (Å²) in [6.07, 6.45) is 0. The van der Waals surface area contributed by atoms with E-state index in [9.17, 15) is 13.2 Å². The molecule has 0 spiro atoms. The second kappa shape index (κ2) is 7.45. The third-order valence-electron chi connectivity index (χ3n) is 3.18. The fourth-order valence-electron chi connectivity index (χ4n) is 1.85. The molecule has 0 fully saturated rings. The van der Waals surface area contributed by atoms with Gasteiger partial charge < -0.3 is 4.74 Å². The Morgan fingerprint density at radius 1 is 1.25 bits per heavy atom. The van der Waals surface area contributed by atoms with Gasteiger partial charge in [0.05, 0.1) is 22.2 Å². The summed E-state index contributed by atoms with van der Waals surface area (Å²) in [5, 5.41) is 8.74. The highest BCUT2D eigenvalue weighted by Crippen LogP contribution is 2.23. The second-order valence-corrected chi connectivity index (χ2v) is 7.00. The molecule has 8 heteroatoms. The molecule has 0 aromatic heterocycles. The van der Waals surface area contributed by atoms with Gasteiger partial charge in [0.1, 0.15) is 11.5 Å². The number of nitrogens with one attached hydrogen (secondary N) is 1. The van der Waals surface area contributed by atoms with Gasteiger partial charge in [-0.15, -0.1) is 0 Å². The topological polar surface area (TPSA) is 96.3 Å². The molecule has 6 nitrogen and oxygen atoms in total. The molecule has 0 aliphatic carbocycles. The lowest BCUT2D eigenvalue weighted by molar-refractivity contribution is 0.0472. The summed E-state index contributed by atoms with van der Waals surface area (Å²) in [5.74, 6) is -0.677. The van der Waals surface area contributed by atoms with Gasteiger partial charge >= 0.3 is 5.97 Å². The highest BCUT2D eigenvalue weighted by molar-refractivity contribution is 7.89. The molecule has 0 saturated carbocycles. The second-order valence-electron chi connectivity index (χ2n) is 4.74. The molecular weight excluding hydrogens is 352 g/mol. The number of hydrogen-bond donors (Lipinski definition) is 1. The molecule has 0 amide bonds. The number of carbonyl (C=O) groups excluding carboxylic acids is 1. The lowest BCUT2D eigenvalue weighted by Crippen LogP contribution is -2.19. The molecule has 0 aliphatic rings. The van der Waals surface area contributed by atoms with Crippen molar-refractivity contribution in [1.82, 2.24) is 4.72 Å². The van der Waals surface area contributed by atoms with Gasteiger partial charge in [0.25, 0.3) is 0 Å². The van der Waals surface area contributed by atoms with Crippen LogP contribution in [0.4, 0.5) is 0 Å². The summed E-state index contributed by atoms with van der Waals surface area (Å²) in [5.41, 5.74) is 1.28. The van der Waals surface area contributed by atoms with Gasteiger partial charge in [0.15, 0.2) is 0 Å². The van der Waals surface area contributed by atoms with Crippen molar-refractivity contribution in [2.24, 2.45) is 0 Å². The summed E-state index contributed by atoms with van der Waals surface area (Å²) in [6.45, 7) is 0.00127. The van der Waals surface area contributed by atoms with Crippen molar-refractivity contribution >= 4 is 27.6 Å². The summed E-state index contributed by atoms with van der Waals surface area (Å²) in [6, 6.07) is 12.4. The van der Waals surface area contributed by atoms with Crippen LogP contribution in [0, 0.1) is 11.3 Å². The van der Waals surface area contributed by atoms with E-state index in [1.54, 1.807) is 24.3 Å². The van der Waals surface area contributed by atoms with Gasteiger partial charge in [-0.25, -0.2) is 17.9 Å². The zero-order valence-corrected chi connectivity index (χ0v) is 14.2. The van der Waals surface area contributed by atoms with E-state index in [0.29, 0.717) is 11.1 Å². The van der Waals surface area contributed by atoms with Crippen LogP contribution in [0.1, 0.15) is 21.5 Å². The minimum absolute atomic E-state index is 0.00127. The number of sulfonamides is 1. The molecule has 0 saturated heterocycles. The van der Waals surface area contributed by atoms with Crippen molar-refractivity contribution in [3.63, 3.8) is 0 Å². The van der Waals surface area contributed by atoms with Crippen molar-refractivity contribution in [2.45, 2.75) is 11.5 Å². The fraction of sp³-hybridized carbons (Fsp3) is 0.125. The van der Waals surface area contributed by atoms with E-state index in [0.717, 1.165) is 6.07 Å². The molecule has 124 valence electrons. The standard InChI is InChI=1S/C16H13ClN2O4S/c1-19-24(21,22)15-8-13(6-7-14(15)17)16(20)23-10-12-4-2-11(9-18)3-5-12/h2-8,19H,10H2,1H3. The molecule has 2 aromatic carbocycles. The minimum atomic E-state index is -3.78. The van der Waals surface area contributed by atoms with Gasteiger partial charge in [-0.2, -0.15) is 5.26 Å². The van der Waals surface area contributed by atoms with Crippen LogP contribution in [-0.4, -0.2) is 21.4 Å². The van der Waals surface area contributed by atoms with E-state index in [1.165, 1.54) is 19.2 Å². The molecule has 0 atom stereocenters.